The van der Waals surface area contributed by atoms with Crippen molar-refractivity contribution in [1.82, 2.24) is 0 Å². The summed E-state index contributed by atoms with van der Waals surface area (Å²) in [4.78, 5) is 0. The Kier molecular flexibility index (Phi) is 10.3. The molecule has 0 aliphatic rings. The first kappa shape index (κ1) is 30.0. The van der Waals surface area contributed by atoms with Crippen molar-refractivity contribution in [2.45, 2.75) is 79.9 Å². The minimum absolute atomic E-state index is 0.0496. The summed E-state index contributed by atoms with van der Waals surface area (Å²) < 4.78 is 7.02. The Morgan fingerprint density at radius 2 is 1.39 bits per heavy atom. The van der Waals surface area contributed by atoms with E-state index in [1.807, 2.05) is 6.92 Å². The molecular formula is C33H48O2Si. The van der Waals surface area contributed by atoms with Crippen LogP contribution in [-0.2, 0) is 4.43 Å². The van der Waals surface area contributed by atoms with E-state index >= 15 is 0 Å². The first-order chi connectivity index (χ1) is 16.7. The van der Waals surface area contributed by atoms with Gasteiger partial charge in [-0.25, -0.2) is 0 Å². The molecule has 0 spiro atoms. The van der Waals surface area contributed by atoms with E-state index < -0.39 is 14.4 Å². The second kappa shape index (κ2) is 12.4. The number of benzene rings is 2. The molecular weight excluding hydrogens is 456 g/mol. The van der Waals surface area contributed by atoms with Crippen molar-refractivity contribution in [3.63, 3.8) is 0 Å². The van der Waals surface area contributed by atoms with Gasteiger partial charge in [-0.15, -0.1) is 0 Å². The average Bonchev–Trinajstić information content (AvgIpc) is 2.79. The highest BCUT2D eigenvalue weighted by Crippen LogP contribution is 2.37. The van der Waals surface area contributed by atoms with Gasteiger partial charge >= 0.3 is 0 Å². The van der Waals surface area contributed by atoms with E-state index in [1.165, 1.54) is 15.9 Å². The minimum atomic E-state index is -2.57. The molecule has 196 valence electrons. The lowest BCUT2D eigenvalue weighted by Gasteiger charge is -2.43. The van der Waals surface area contributed by atoms with Crippen LogP contribution >= 0.6 is 0 Å². The third-order valence-electron chi connectivity index (χ3n) is 6.86. The Morgan fingerprint density at radius 3 is 1.81 bits per heavy atom. The zero-order valence-corrected chi connectivity index (χ0v) is 25.1. The van der Waals surface area contributed by atoms with Gasteiger partial charge in [-0.2, -0.15) is 0 Å². The van der Waals surface area contributed by atoms with Crippen LogP contribution < -0.4 is 10.4 Å². The molecule has 0 radical (unpaired) electrons. The molecule has 36 heavy (non-hydrogen) atoms. The number of hydrogen-bond donors (Lipinski definition) is 1. The molecule has 0 heterocycles. The van der Waals surface area contributed by atoms with Crippen LogP contribution in [0.3, 0.4) is 0 Å². The van der Waals surface area contributed by atoms with Gasteiger partial charge in [0.1, 0.15) is 0 Å². The molecule has 0 fully saturated rings. The third kappa shape index (κ3) is 7.65. The number of aliphatic hydroxyl groups is 1. The van der Waals surface area contributed by atoms with Crippen molar-refractivity contribution in [3.8, 4) is 0 Å². The van der Waals surface area contributed by atoms with Gasteiger partial charge in [0.05, 0.1) is 6.10 Å². The van der Waals surface area contributed by atoms with Crippen LogP contribution in [0.1, 0.15) is 68.7 Å². The monoisotopic (exact) mass is 504 g/mol. The summed E-state index contributed by atoms with van der Waals surface area (Å²) in [6, 6.07) is 21.4. The van der Waals surface area contributed by atoms with E-state index in [-0.39, 0.29) is 16.4 Å². The Balaban J connectivity index is 2.23. The summed E-state index contributed by atoms with van der Waals surface area (Å²) in [7, 11) is -2.57. The maximum atomic E-state index is 11.1. The molecule has 1 N–H and O–H groups in total. The molecule has 2 rings (SSSR count). The third-order valence-corrected chi connectivity index (χ3v) is 11.9. The molecule has 2 aromatic rings. The minimum Gasteiger partial charge on any atom is -0.407 e. The van der Waals surface area contributed by atoms with Crippen molar-refractivity contribution in [2.75, 3.05) is 6.61 Å². The molecule has 0 saturated heterocycles. The lowest BCUT2D eigenvalue weighted by atomic mass is 9.88. The van der Waals surface area contributed by atoms with Crippen molar-refractivity contribution in [1.29, 1.82) is 0 Å². The summed E-state index contributed by atoms with van der Waals surface area (Å²) in [5.41, 5.74) is 3.27. The van der Waals surface area contributed by atoms with Crippen LogP contribution in [0.15, 0.2) is 96.1 Å². The van der Waals surface area contributed by atoms with Gasteiger partial charge in [0.15, 0.2) is 0 Å². The van der Waals surface area contributed by atoms with Gasteiger partial charge in [0.25, 0.3) is 8.32 Å². The smallest absolute Gasteiger partial charge is 0.261 e. The van der Waals surface area contributed by atoms with Gasteiger partial charge in [0, 0.05) is 12.5 Å². The highest BCUT2D eigenvalue weighted by molar-refractivity contribution is 6.99. The molecule has 0 saturated carbocycles. The van der Waals surface area contributed by atoms with Crippen LogP contribution in [0.4, 0.5) is 0 Å². The van der Waals surface area contributed by atoms with E-state index in [9.17, 15) is 5.11 Å². The molecule has 0 amide bonds. The largest absolute Gasteiger partial charge is 0.407 e. The van der Waals surface area contributed by atoms with Gasteiger partial charge < -0.3 is 9.53 Å². The van der Waals surface area contributed by atoms with E-state index in [1.54, 1.807) is 0 Å². The Hall–Kier alpha value is -2.20. The lowest BCUT2D eigenvalue weighted by Crippen LogP contribution is -2.66. The van der Waals surface area contributed by atoms with E-state index in [2.05, 4.69) is 135 Å². The fourth-order valence-corrected chi connectivity index (χ4v) is 9.67. The van der Waals surface area contributed by atoms with Gasteiger partial charge in [0.2, 0.25) is 0 Å². The molecule has 0 aromatic heterocycles. The van der Waals surface area contributed by atoms with Gasteiger partial charge in [-0.05, 0) is 46.7 Å². The Morgan fingerprint density at radius 1 is 0.917 bits per heavy atom. The number of hydrogen-bond acceptors (Lipinski definition) is 2. The molecule has 0 aliphatic carbocycles. The topological polar surface area (TPSA) is 29.5 Å². The number of aliphatic hydroxyl groups excluding tert-OH is 1. The zero-order valence-electron chi connectivity index (χ0n) is 24.1. The average molecular weight is 505 g/mol. The molecule has 0 bridgehead atoms. The van der Waals surface area contributed by atoms with Crippen LogP contribution in [0.2, 0.25) is 5.04 Å². The second-order valence-electron chi connectivity index (χ2n) is 12.3. The van der Waals surface area contributed by atoms with Crippen molar-refractivity contribution in [2.24, 2.45) is 11.3 Å². The normalized spacial score (nSPS) is 15.5. The first-order valence-electron chi connectivity index (χ1n) is 13.2. The summed E-state index contributed by atoms with van der Waals surface area (Å²) in [5, 5.41) is 13.6. The van der Waals surface area contributed by atoms with E-state index in [4.69, 9.17) is 4.43 Å². The molecule has 2 nitrogen and oxygen atoms in total. The highest BCUT2D eigenvalue weighted by atomic mass is 28.4. The molecule has 0 aliphatic heterocycles. The van der Waals surface area contributed by atoms with Crippen molar-refractivity contribution in [3.05, 3.63) is 96.1 Å². The Bertz CT molecular complexity index is 997. The van der Waals surface area contributed by atoms with Gasteiger partial charge in [-0.1, -0.05) is 139 Å². The fraction of sp³-hybridized carbons (Fsp3) is 0.455. The predicted octanol–water partition coefficient (Wildman–Crippen LogP) is 7.45. The highest BCUT2D eigenvalue weighted by Gasteiger charge is 2.50. The Labute approximate surface area is 221 Å². The van der Waals surface area contributed by atoms with Crippen LogP contribution in [0.25, 0.3) is 0 Å². The number of allylic oxidation sites excluding steroid dienone is 3. The van der Waals surface area contributed by atoms with Crippen LogP contribution in [-0.4, -0.2) is 26.1 Å². The van der Waals surface area contributed by atoms with E-state index in [0.717, 1.165) is 11.1 Å². The van der Waals surface area contributed by atoms with Gasteiger partial charge in [-0.3, -0.25) is 0 Å². The quantitative estimate of drug-likeness (QED) is 0.207. The maximum Gasteiger partial charge on any atom is 0.261 e. The van der Waals surface area contributed by atoms with E-state index in [0.29, 0.717) is 13.0 Å². The zero-order chi connectivity index (χ0) is 27.1. The summed E-state index contributed by atoms with van der Waals surface area (Å²) in [6.07, 6.45) is 4.49. The van der Waals surface area contributed by atoms with Crippen molar-refractivity contribution >= 4 is 18.7 Å². The van der Waals surface area contributed by atoms with Crippen molar-refractivity contribution < 1.29 is 9.53 Å². The first-order valence-corrected chi connectivity index (χ1v) is 15.1. The molecule has 2 aromatic carbocycles. The van der Waals surface area contributed by atoms with Crippen LogP contribution in [0, 0.1) is 11.3 Å². The summed E-state index contributed by atoms with van der Waals surface area (Å²) >= 11 is 0. The SMILES string of the molecule is C=C(CCO[Si](c1ccccc1)(c1ccccc1)C(C)(C)C)[C@@H](C)[C@H](O)/C(C)=C/C(C)=C/C(C)(C)C. The maximum absolute atomic E-state index is 11.1. The molecule has 0 unspecified atom stereocenters. The standard InChI is InChI=1S/C33H48O2Si/c1-25(24-32(5,6)7)23-27(3)31(34)28(4)26(2)21-22-35-36(33(8,9)10,29-17-13-11-14-18-29)30-19-15-12-16-20-30/h11-20,23-24,28,31,34H,2,21-22H2,1,3-10H3/b25-24+,27-23+/t28-,31-/m1/s1. The fourth-order valence-electron chi connectivity index (χ4n) is 5.11. The molecule has 2 atom stereocenters. The summed E-state index contributed by atoms with van der Waals surface area (Å²) in [5.74, 6) is -0.0496. The molecule has 3 heteroatoms. The number of rotatable bonds is 10. The lowest BCUT2D eigenvalue weighted by molar-refractivity contribution is 0.164. The summed E-state index contributed by atoms with van der Waals surface area (Å²) in [6.45, 7) is 24.5. The second-order valence-corrected chi connectivity index (χ2v) is 16.6. The predicted molar refractivity (Wildman–Crippen MR) is 159 cm³/mol. The van der Waals surface area contributed by atoms with Crippen LogP contribution in [0.5, 0.6) is 0 Å².